The van der Waals surface area contributed by atoms with E-state index < -0.39 is 17.6 Å². The molecule has 1 aliphatic rings. The summed E-state index contributed by atoms with van der Waals surface area (Å²) in [6.07, 6.45) is 8.99. The third-order valence-corrected chi connectivity index (χ3v) is 6.74. The van der Waals surface area contributed by atoms with Crippen LogP contribution < -0.4 is 10.1 Å². The molecule has 0 heterocycles. The summed E-state index contributed by atoms with van der Waals surface area (Å²) in [6, 6.07) is 10.8. The summed E-state index contributed by atoms with van der Waals surface area (Å²) in [5.41, 5.74) is 3.44. The van der Waals surface area contributed by atoms with Crippen molar-refractivity contribution in [3.8, 4) is 5.75 Å². The van der Waals surface area contributed by atoms with E-state index in [1.54, 1.807) is 37.3 Å². The third kappa shape index (κ3) is 6.93. The van der Waals surface area contributed by atoms with Crippen LogP contribution in [0.25, 0.3) is 5.83 Å². The molecule has 0 atom stereocenters. The van der Waals surface area contributed by atoms with Gasteiger partial charge in [-0.1, -0.05) is 44.9 Å². The number of ether oxygens (including phenoxy) is 1. The molecule has 0 spiro atoms. The molecule has 1 N–H and O–H groups in total. The van der Waals surface area contributed by atoms with Crippen LogP contribution in [0.2, 0.25) is 0 Å². The molecule has 2 aromatic rings. The molecule has 2 aromatic carbocycles. The monoisotopic (exact) mass is 493 g/mol. The van der Waals surface area contributed by atoms with Crippen LogP contribution in [0.1, 0.15) is 82.6 Å². The first-order chi connectivity index (χ1) is 17.1. The Morgan fingerprint density at radius 3 is 2.53 bits per heavy atom. The predicted molar refractivity (Wildman–Crippen MR) is 144 cm³/mol. The molecule has 3 nitrogen and oxygen atoms in total. The van der Waals surface area contributed by atoms with Crippen LogP contribution >= 0.6 is 0 Å². The summed E-state index contributed by atoms with van der Waals surface area (Å²) in [5.74, 6) is -1.16. The number of carbonyl (C=O) groups is 1. The van der Waals surface area contributed by atoms with Gasteiger partial charge in [-0.25, -0.2) is 8.78 Å². The van der Waals surface area contributed by atoms with Crippen molar-refractivity contribution in [3.05, 3.63) is 88.3 Å². The van der Waals surface area contributed by atoms with Gasteiger partial charge in [-0.15, -0.1) is 0 Å². The minimum Gasteiger partial charge on any atom is -0.494 e. The van der Waals surface area contributed by atoms with Gasteiger partial charge in [0, 0.05) is 16.8 Å². The summed E-state index contributed by atoms with van der Waals surface area (Å²) in [5, 5.41) is 2.74. The molecule has 0 fully saturated rings. The van der Waals surface area contributed by atoms with Gasteiger partial charge in [0.05, 0.1) is 6.61 Å². The number of hydrogen-bond donors (Lipinski definition) is 1. The Hall–Kier alpha value is -3.21. The van der Waals surface area contributed by atoms with Gasteiger partial charge in [-0.3, -0.25) is 4.79 Å². The van der Waals surface area contributed by atoms with Crippen molar-refractivity contribution in [1.29, 1.82) is 0 Å². The first kappa shape index (κ1) is 27.4. The van der Waals surface area contributed by atoms with Crippen LogP contribution in [0, 0.1) is 11.2 Å². The van der Waals surface area contributed by atoms with E-state index in [0.717, 1.165) is 43.9 Å². The third-order valence-electron chi connectivity index (χ3n) is 6.74. The summed E-state index contributed by atoms with van der Waals surface area (Å²) < 4.78 is 35.6. The molecule has 0 saturated carbocycles. The number of rotatable bonds is 9. The fraction of sp³-hybridized carbons (Fsp3) is 0.387. The average Bonchev–Trinajstić information content (AvgIpc) is 2.84. The van der Waals surface area contributed by atoms with E-state index in [-0.39, 0.29) is 16.5 Å². The van der Waals surface area contributed by atoms with Crippen molar-refractivity contribution >= 4 is 17.4 Å². The maximum atomic E-state index is 15.1. The summed E-state index contributed by atoms with van der Waals surface area (Å²) >= 11 is 0. The van der Waals surface area contributed by atoms with Gasteiger partial charge < -0.3 is 10.1 Å². The molecule has 1 amide bonds. The van der Waals surface area contributed by atoms with E-state index in [2.05, 4.69) is 33.0 Å². The van der Waals surface area contributed by atoms with Gasteiger partial charge in [0.2, 0.25) is 0 Å². The number of hydrogen-bond acceptors (Lipinski definition) is 2. The number of allylic oxidation sites excluding steroid dienone is 5. The van der Waals surface area contributed by atoms with Gasteiger partial charge in [0.15, 0.2) is 0 Å². The largest absolute Gasteiger partial charge is 0.494 e. The number of benzene rings is 2. The second-order valence-corrected chi connectivity index (χ2v) is 10.1. The Balaban J connectivity index is 1.71. The predicted octanol–water partition coefficient (Wildman–Crippen LogP) is 9.04. The zero-order chi connectivity index (χ0) is 26.3. The van der Waals surface area contributed by atoms with Crippen LogP contribution in [0.4, 0.5) is 14.5 Å². The number of amides is 1. The first-order valence-corrected chi connectivity index (χ1v) is 12.7. The molecule has 0 unspecified atom stereocenters. The zero-order valence-corrected chi connectivity index (χ0v) is 22.0. The highest BCUT2D eigenvalue weighted by atomic mass is 19.1. The molecule has 0 bridgehead atoms. The first-order valence-electron chi connectivity index (χ1n) is 12.7. The van der Waals surface area contributed by atoms with E-state index in [1.165, 1.54) is 23.3 Å². The molecule has 192 valence electrons. The van der Waals surface area contributed by atoms with E-state index in [4.69, 9.17) is 4.74 Å². The van der Waals surface area contributed by atoms with Crippen LogP contribution in [0.5, 0.6) is 5.75 Å². The van der Waals surface area contributed by atoms with Crippen molar-refractivity contribution in [2.75, 3.05) is 11.9 Å². The van der Waals surface area contributed by atoms with Gasteiger partial charge in [-0.05, 0) is 98.6 Å². The van der Waals surface area contributed by atoms with Crippen LogP contribution in [-0.2, 0) is 0 Å². The normalized spacial score (nSPS) is 16.2. The Morgan fingerprint density at radius 2 is 1.89 bits per heavy atom. The minimum atomic E-state index is -0.777. The quantitative estimate of drug-likeness (QED) is 0.279. The van der Waals surface area contributed by atoms with Crippen molar-refractivity contribution in [2.45, 2.75) is 66.7 Å². The highest BCUT2D eigenvalue weighted by Crippen LogP contribution is 2.41. The lowest BCUT2D eigenvalue weighted by molar-refractivity contribution is 0.102. The van der Waals surface area contributed by atoms with E-state index in [9.17, 15) is 9.18 Å². The lowest BCUT2D eigenvalue weighted by Crippen LogP contribution is -2.19. The Bertz CT molecular complexity index is 1170. The Kier molecular flexibility index (Phi) is 9.25. The minimum absolute atomic E-state index is 0.0399. The molecule has 1 aliphatic carbocycles. The number of anilines is 1. The second kappa shape index (κ2) is 12.2. The summed E-state index contributed by atoms with van der Waals surface area (Å²) in [7, 11) is 0. The lowest BCUT2D eigenvalue weighted by atomic mass is 9.72. The Labute approximate surface area is 214 Å². The molecular formula is C31H37F2NO2. The van der Waals surface area contributed by atoms with Crippen LogP contribution in [0.15, 0.2) is 71.3 Å². The lowest BCUT2D eigenvalue weighted by Gasteiger charge is -2.33. The molecule has 0 aromatic heterocycles. The van der Waals surface area contributed by atoms with Crippen LogP contribution in [0.3, 0.4) is 0 Å². The molecule has 3 rings (SSSR count). The van der Waals surface area contributed by atoms with Crippen LogP contribution in [-0.4, -0.2) is 12.5 Å². The second-order valence-electron chi connectivity index (χ2n) is 10.1. The standard InChI is InChI=1S/C31H37F2NO2/c1-6-7-19-36-25-14-12-24(13-15-25)34-30(35)23-11-16-26(28(32)20-23)29(33)22(3)10-17-27-21(2)9-8-18-31(27,4)5/h10-17,20H,6-9,18-19H2,1-5H3,(H,34,35). The number of carbonyl (C=O) groups excluding carboxylic acids is 1. The molecule has 0 saturated heterocycles. The Morgan fingerprint density at radius 1 is 1.17 bits per heavy atom. The fourth-order valence-corrected chi connectivity index (χ4v) is 4.51. The maximum absolute atomic E-state index is 15.1. The van der Waals surface area contributed by atoms with Crippen molar-refractivity contribution < 1.29 is 18.3 Å². The van der Waals surface area contributed by atoms with Gasteiger partial charge in [0.1, 0.15) is 17.4 Å². The smallest absolute Gasteiger partial charge is 0.255 e. The molecule has 0 aliphatic heterocycles. The molecule has 5 heteroatoms. The van der Waals surface area contributed by atoms with E-state index in [0.29, 0.717) is 17.9 Å². The number of halogens is 2. The highest BCUT2D eigenvalue weighted by Gasteiger charge is 2.26. The molecule has 0 radical (unpaired) electrons. The van der Waals surface area contributed by atoms with Crippen molar-refractivity contribution in [1.82, 2.24) is 0 Å². The van der Waals surface area contributed by atoms with Crippen molar-refractivity contribution in [2.24, 2.45) is 5.41 Å². The van der Waals surface area contributed by atoms with E-state index in [1.807, 2.05) is 6.08 Å². The van der Waals surface area contributed by atoms with Gasteiger partial charge in [0.25, 0.3) is 5.91 Å². The molecular weight excluding hydrogens is 456 g/mol. The SMILES string of the molecule is CCCCOc1ccc(NC(=O)c2ccc(C(F)=C(C)C=CC3=C(C)CCCC3(C)C)c(F)c2)cc1. The zero-order valence-electron chi connectivity index (χ0n) is 22.0. The number of unbranched alkanes of at least 4 members (excludes halogenated alkanes) is 1. The van der Waals surface area contributed by atoms with E-state index >= 15 is 4.39 Å². The van der Waals surface area contributed by atoms with Gasteiger partial charge in [-0.2, -0.15) is 0 Å². The van der Waals surface area contributed by atoms with Crippen molar-refractivity contribution in [3.63, 3.8) is 0 Å². The average molecular weight is 494 g/mol. The van der Waals surface area contributed by atoms with Gasteiger partial charge >= 0.3 is 0 Å². The maximum Gasteiger partial charge on any atom is 0.255 e. The highest BCUT2D eigenvalue weighted by molar-refractivity contribution is 6.04. The summed E-state index contributed by atoms with van der Waals surface area (Å²) in [4.78, 5) is 12.6. The molecule has 36 heavy (non-hydrogen) atoms. The summed E-state index contributed by atoms with van der Waals surface area (Å²) in [6.45, 7) is 10.9. The topological polar surface area (TPSA) is 38.3 Å². The fourth-order valence-electron chi connectivity index (χ4n) is 4.51. The number of nitrogens with one attached hydrogen (secondary N) is 1.